The van der Waals surface area contributed by atoms with Crippen LogP contribution in [0, 0.1) is 17.7 Å². The molecule has 0 bridgehead atoms. The first-order chi connectivity index (χ1) is 7.65. The van der Waals surface area contributed by atoms with Gasteiger partial charge in [-0.25, -0.2) is 4.39 Å². The van der Waals surface area contributed by atoms with Gasteiger partial charge in [0.25, 0.3) is 0 Å². The molecule has 1 aromatic rings. The maximum atomic E-state index is 13.3. The maximum absolute atomic E-state index is 13.3. The summed E-state index contributed by atoms with van der Waals surface area (Å²) in [5.74, 6) is 4.60. The quantitative estimate of drug-likeness (QED) is 0.588. The van der Waals surface area contributed by atoms with Crippen molar-refractivity contribution < 1.29 is 9.18 Å². The first-order valence-electron chi connectivity index (χ1n) is 4.83. The number of nitrogens with two attached hydrogens (primary N) is 1. The molecule has 0 heterocycles. The minimum Gasteiger partial charge on any atom is -0.366 e. The monoisotopic (exact) mass is 220 g/mol. The Morgan fingerprint density at radius 3 is 2.94 bits per heavy atom. The molecule has 0 fully saturated rings. The average Bonchev–Trinajstić information content (AvgIpc) is 2.26. The molecule has 16 heavy (non-hydrogen) atoms. The first-order valence-corrected chi connectivity index (χ1v) is 4.83. The van der Waals surface area contributed by atoms with Crippen molar-refractivity contribution in [2.24, 2.45) is 5.73 Å². The van der Waals surface area contributed by atoms with E-state index in [1.54, 1.807) is 6.92 Å². The SMILES string of the molecule is CC#CCNCc1cc(C(N)=O)ccc1F. The van der Waals surface area contributed by atoms with E-state index >= 15 is 0 Å². The van der Waals surface area contributed by atoms with Gasteiger partial charge in [-0.15, -0.1) is 5.92 Å². The van der Waals surface area contributed by atoms with Crippen LogP contribution in [-0.4, -0.2) is 12.5 Å². The normalized spacial score (nSPS) is 9.38. The van der Waals surface area contributed by atoms with Crippen LogP contribution < -0.4 is 11.1 Å². The topological polar surface area (TPSA) is 55.1 Å². The second kappa shape index (κ2) is 5.89. The molecule has 0 saturated carbocycles. The Labute approximate surface area is 93.8 Å². The van der Waals surface area contributed by atoms with Crippen LogP contribution in [0.1, 0.15) is 22.8 Å². The van der Waals surface area contributed by atoms with Gasteiger partial charge in [0.05, 0.1) is 6.54 Å². The molecule has 1 rings (SSSR count). The molecule has 0 aliphatic rings. The van der Waals surface area contributed by atoms with Crippen LogP contribution in [0.2, 0.25) is 0 Å². The van der Waals surface area contributed by atoms with Crippen LogP contribution in [0.5, 0.6) is 0 Å². The van der Waals surface area contributed by atoms with Crippen LogP contribution in [-0.2, 0) is 6.54 Å². The lowest BCUT2D eigenvalue weighted by atomic mass is 10.1. The van der Waals surface area contributed by atoms with Gasteiger partial charge in [0.1, 0.15) is 5.82 Å². The second-order valence-electron chi connectivity index (χ2n) is 3.20. The van der Waals surface area contributed by atoms with Gasteiger partial charge in [-0.05, 0) is 25.1 Å². The van der Waals surface area contributed by atoms with E-state index in [1.165, 1.54) is 18.2 Å². The van der Waals surface area contributed by atoms with E-state index in [0.29, 0.717) is 24.2 Å². The van der Waals surface area contributed by atoms with Gasteiger partial charge in [-0.1, -0.05) is 5.92 Å². The fourth-order valence-electron chi connectivity index (χ4n) is 1.21. The van der Waals surface area contributed by atoms with Gasteiger partial charge in [0.2, 0.25) is 5.91 Å². The van der Waals surface area contributed by atoms with Gasteiger partial charge in [0, 0.05) is 17.7 Å². The van der Waals surface area contributed by atoms with E-state index in [-0.39, 0.29) is 5.82 Å². The molecule has 0 radical (unpaired) electrons. The van der Waals surface area contributed by atoms with Crippen molar-refractivity contribution >= 4 is 5.91 Å². The molecule has 1 aromatic carbocycles. The number of primary amides is 1. The molecule has 0 spiro atoms. The third-order valence-electron chi connectivity index (χ3n) is 2.04. The van der Waals surface area contributed by atoms with Gasteiger partial charge < -0.3 is 11.1 Å². The van der Waals surface area contributed by atoms with Crippen molar-refractivity contribution in [1.82, 2.24) is 5.32 Å². The molecule has 3 nitrogen and oxygen atoms in total. The van der Waals surface area contributed by atoms with E-state index in [9.17, 15) is 9.18 Å². The highest BCUT2D eigenvalue weighted by molar-refractivity contribution is 5.92. The van der Waals surface area contributed by atoms with Crippen molar-refractivity contribution in [3.8, 4) is 11.8 Å². The number of benzene rings is 1. The van der Waals surface area contributed by atoms with Crippen LogP contribution in [0.3, 0.4) is 0 Å². The Morgan fingerprint density at radius 1 is 1.56 bits per heavy atom. The highest BCUT2D eigenvalue weighted by Gasteiger charge is 2.06. The number of carbonyl (C=O) groups excluding carboxylic acids is 1. The zero-order valence-electron chi connectivity index (χ0n) is 9.01. The lowest BCUT2D eigenvalue weighted by molar-refractivity contribution is 0.1000. The highest BCUT2D eigenvalue weighted by Crippen LogP contribution is 2.09. The summed E-state index contributed by atoms with van der Waals surface area (Å²) in [5.41, 5.74) is 5.82. The van der Waals surface area contributed by atoms with Crippen molar-refractivity contribution in [1.29, 1.82) is 0 Å². The van der Waals surface area contributed by atoms with E-state index < -0.39 is 5.91 Å². The minimum atomic E-state index is -0.561. The summed E-state index contributed by atoms with van der Waals surface area (Å²) in [6, 6.07) is 4.06. The number of carbonyl (C=O) groups is 1. The predicted octanol–water partition coefficient (Wildman–Crippen LogP) is 1.04. The Bertz CT molecular complexity index is 446. The molecule has 3 N–H and O–H groups in total. The predicted molar refractivity (Wildman–Crippen MR) is 60.1 cm³/mol. The smallest absolute Gasteiger partial charge is 0.248 e. The van der Waals surface area contributed by atoms with Gasteiger partial charge >= 0.3 is 0 Å². The number of nitrogens with one attached hydrogen (secondary N) is 1. The van der Waals surface area contributed by atoms with E-state index in [1.807, 2.05) is 0 Å². The Kier molecular flexibility index (Phi) is 4.49. The fourth-order valence-corrected chi connectivity index (χ4v) is 1.21. The minimum absolute atomic E-state index is 0.305. The van der Waals surface area contributed by atoms with Crippen LogP contribution in [0.15, 0.2) is 18.2 Å². The number of halogens is 1. The third kappa shape index (κ3) is 3.37. The molecule has 0 atom stereocenters. The zero-order chi connectivity index (χ0) is 12.0. The highest BCUT2D eigenvalue weighted by atomic mass is 19.1. The molecular weight excluding hydrogens is 207 g/mol. The molecule has 0 saturated heterocycles. The summed E-state index contributed by atoms with van der Waals surface area (Å²) < 4.78 is 13.3. The summed E-state index contributed by atoms with van der Waals surface area (Å²) in [7, 11) is 0. The van der Waals surface area contributed by atoms with Crippen molar-refractivity contribution in [2.45, 2.75) is 13.5 Å². The number of amides is 1. The van der Waals surface area contributed by atoms with Crippen molar-refractivity contribution in [2.75, 3.05) is 6.54 Å². The largest absolute Gasteiger partial charge is 0.366 e. The summed E-state index contributed by atoms with van der Waals surface area (Å²) in [6.45, 7) is 2.54. The van der Waals surface area contributed by atoms with E-state index in [4.69, 9.17) is 5.73 Å². The van der Waals surface area contributed by atoms with E-state index in [0.717, 1.165) is 0 Å². The Balaban J connectivity index is 2.73. The van der Waals surface area contributed by atoms with Gasteiger partial charge in [-0.2, -0.15) is 0 Å². The second-order valence-corrected chi connectivity index (χ2v) is 3.20. The summed E-state index contributed by atoms with van der Waals surface area (Å²) in [6.07, 6.45) is 0. The average molecular weight is 220 g/mol. The molecular formula is C12H13FN2O. The first kappa shape index (κ1) is 12.2. The Morgan fingerprint density at radius 2 is 2.31 bits per heavy atom. The van der Waals surface area contributed by atoms with E-state index in [2.05, 4.69) is 17.2 Å². The molecule has 0 aliphatic carbocycles. The number of hydrogen-bond donors (Lipinski definition) is 2. The Hall–Kier alpha value is -1.86. The number of hydrogen-bond acceptors (Lipinski definition) is 2. The molecule has 1 amide bonds. The molecule has 84 valence electrons. The van der Waals surface area contributed by atoms with Crippen molar-refractivity contribution in [3.63, 3.8) is 0 Å². The van der Waals surface area contributed by atoms with Crippen molar-refractivity contribution in [3.05, 3.63) is 35.1 Å². The maximum Gasteiger partial charge on any atom is 0.248 e. The summed E-state index contributed by atoms with van der Waals surface area (Å²) in [4.78, 5) is 10.9. The van der Waals surface area contributed by atoms with Crippen LogP contribution >= 0.6 is 0 Å². The lowest BCUT2D eigenvalue weighted by Gasteiger charge is -2.04. The van der Waals surface area contributed by atoms with Crippen LogP contribution in [0.4, 0.5) is 4.39 Å². The lowest BCUT2D eigenvalue weighted by Crippen LogP contribution is -2.16. The molecule has 0 unspecified atom stereocenters. The van der Waals surface area contributed by atoms with Crippen LogP contribution in [0.25, 0.3) is 0 Å². The van der Waals surface area contributed by atoms with Gasteiger partial charge in [0.15, 0.2) is 0 Å². The van der Waals surface area contributed by atoms with Gasteiger partial charge in [-0.3, -0.25) is 4.79 Å². The molecule has 0 aromatic heterocycles. The standard InChI is InChI=1S/C12H13FN2O/c1-2-3-6-15-8-10-7-9(12(14)16)4-5-11(10)13/h4-5,7,15H,6,8H2,1H3,(H2,14,16). The molecule has 4 heteroatoms. The summed E-state index contributed by atoms with van der Waals surface area (Å²) >= 11 is 0. The number of rotatable bonds is 4. The molecule has 0 aliphatic heterocycles. The summed E-state index contributed by atoms with van der Waals surface area (Å²) in [5, 5.41) is 2.94. The zero-order valence-corrected chi connectivity index (χ0v) is 9.01. The fraction of sp³-hybridized carbons (Fsp3) is 0.250. The third-order valence-corrected chi connectivity index (χ3v) is 2.04.